The number of amides is 1. The van der Waals surface area contributed by atoms with Gasteiger partial charge < -0.3 is 10.1 Å². The highest BCUT2D eigenvalue weighted by Crippen LogP contribution is 2.18. The van der Waals surface area contributed by atoms with Crippen LogP contribution in [-0.2, 0) is 10.0 Å². The highest BCUT2D eigenvalue weighted by molar-refractivity contribution is 7.92. The lowest BCUT2D eigenvalue weighted by Crippen LogP contribution is -2.30. The normalized spacial score (nSPS) is 10.9. The number of sulfonamides is 1. The first kappa shape index (κ1) is 20.5. The van der Waals surface area contributed by atoms with E-state index in [1.165, 1.54) is 10.4 Å². The molecule has 2 aromatic rings. The molecule has 0 saturated carbocycles. The molecule has 0 aliphatic heterocycles. The maximum absolute atomic E-state index is 12.2. The molecule has 27 heavy (non-hydrogen) atoms. The van der Waals surface area contributed by atoms with Crippen LogP contribution in [0.5, 0.6) is 5.75 Å². The fraction of sp³-hybridized carbons (Fsp3) is 0.250. The maximum atomic E-state index is 12.2. The van der Waals surface area contributed by atoms with Crippen LogP contribution in [0.15, 0.2) is 61.2 Å². The fourth-order valence-corrected chi connectivity index (χ4v) is 3.28. The van der Waals surface area contributed by atoms with Crippen LogP contribution in [0.25, 0.3) is 0 Å². The number of hydrogen-bond donors (Lipinski definition) is 1. The zero-order valence-electron chi connectivity index (χ0n) is 15.5. The summed E-state index contributed by atoms with van der Waals surface area (Å²) in [5, 5.41) is 2.77. The minimum Gasteiger partial charge on any atom is -0.492 e. The van der Waals surface area contributed by atoms with Crippen molar-refractivity contribution in [3.8, 4) is 5.75 Å². The van der Waals surface area contributed by atoms with Gasteiger partial charge in [-0.05, 0) is 43.3 Å². The summed E-state index contributed by atoms with van der Waals surface area (Å²) in [6.07, 6.45) is 2.64. The van der Waals surface area contributed by atoms with Crippen LogP contribution in [-0.4, -0.2) is 40.3 Å². The molecule has 6 nitrogen and oxygen atoms in total. The van der Waals surface area contributed by atoms with Gasteiger partial charge in [0, 0.05) is 5.56 Å². The SMILES string of the molecule is C=CCN(c1ccc(C(=O)NCCOc2ccc(C)cc2)cc1)S(C)(=O)=O. The van der Waals surface area contributed by atoms with Gasteiger partial charge in [-0.2, -0.15) is 0 Å². The fourth-order valence-electron chi connectivity index (χ4n) is 2.40. The van der Waals surface area contributed by atoms with E-state index in [1.54, 1.807) is 24.3 Å². The van der Waals surface area contributed by atoms with Crippen molar-refractivity contribution in [2.75, 3.05) is 30.3 Å². The van der Waals surface area contributed by atoms with E-state index in [4.69, 9.17) is 4.74 Å². The third-order valence-corrected chi connectivity index (χ3v) is 4.95. The van der Waals surface area contributed by atoms with Gasteiger partial charge in [0.05, 0.1) is 25.0 Å². The van der Waals surface area contributed by atoms with E-state index < -0.39 is 10.0 Å². The molecule has 0 saturated heterocycles. The number of rotatable bonds is 9. The number of carbonyl (C=O) groups is 1. The first-order valence-corrected chi connectivity index (χ1v) is 10.3. The van der Waals surface area contributed by atoms with Crippen molar-refractivity contribution >= 4 is 21.6 Å². The Bertz CT molecular complexity index is 875. The number of ether oxygens (including phenoxy) is 1. The Kier molecular flexibility index (Phi) is 7.01. The molecule has 0 fully saturated rings. The predicted octanol–water partition coefficient (Wildman–Crippen LogP) is 2.76. The van der Waals surface area contributed by atoms with E-state index in [1.807, 2.05) is 31.2 Å². The largest absolute Gasteiger partial charge is 0.492 e. The monoisotopic (exact) mass is 388 g/mol. The van der Waals surface area contributed by atoms with Crippen molar-refractivity contribution in [3.05, 3.63) is 72.3 Å². The van der Waals surface area contributed by atoms with Crippen molar-refractivity contribution in [1.82, 2.24) is 5.32 Å². The van der Waals surface area contributed by atoms with Gasteiger partial charge in [0.15, 0.2) is 0 Å². The third-order valence-electron chi connectivity index (χ3n) is 3.79. The van der Waals surface area contributed by atoms with Gasteiger partial charge >= 0.3 is 0 Å². The summed E-state index contributed by atoms with van der Waals surface area (Å²) in [6.45, 7) is 6.46. The van der Waals surface area contributed by atoms with Crippen molar-refractivity contribution < 1.29 is 17.9 Å². The molecule has 0 atom stereocenters. The van der Waals surface area contributed by atoms with Gasteiger partial charge in [0.1, 0.15) is 12.4 Å². The topological polar surface area (TPSA) is 75.7 Å². The van der Waals surface area contributed by atoms with E-state index >= 15 is 0 Å². The van der Waals surface area contributed by atoms with Crippen LogP contribution in [0.2, 0.25) is 0 Å². The quantitative estimate of drug-likeness (QED) is 0.529. The zero-order valence-corrected chi connectivity index (χ0v) is 16.3. The Labute approximate surface area is 160 Å². The van der Waals surface area contributed by atoms with Gasteiger partial charge in [-0.15, -0.1) is 6.58 Å². The third kappa shape index (κ3) is 6.14. The van der Waals surface area contributed by atoms with Gasteiger partial charge in [-0.1, -0.05) is 23.8 Å². The van der Waals surface area contributed by atoms with E-state index in [9.17, 15) is 13.2 Å². The van der Waals surface area contributed by atoms with Crippen molar-refractivity contribution in [2.45, 2.75) is 6.92 Å². The number of benzene rings is 2. The number of nitrogens with one attached hydrogen (secondary N) is 1. The molecule has 0 heterocycles. The first-order valence-electron chi connectivity index (χ1n) is 8.47. The molecule has 0 aliphatic carbocycles. The van der Waals surface area contributed by atoms with E-state index in [0.717, 1.165) is 17.6 Å². The number of anilines is 1. The second-order valence-corrected chi connectivity index (χ2v) is 7.95. The summed E-state index contributed by atoms with van der Waals surface area (Å²) in [6, 6.07) is 14.1. The van der Waals surface area contributed by atoms with Crippen LogP contribution >= 0.6 is 0 Å². The molecule has 2 rings (SSSR count). The van der Waals surface area contributed by atoms with Crippen molar-refractivity contribution in [1.29, 1.82) is 0 Å². The Morgan fingerprint density at radius 2 is 1.78 bits per heavy atom. The van der Waals surface area contributed by atoms with Crippen LogP contribution in [0, 0.1) is 6.92 Å². The van der Waals surface area contributed by atoms with Crippen molar-refractivity contribution in [3.63, 3.8) is 0 Å². The molecular formula is C20H24N2O4S. The summed E-state index contributed by atoms with van der Waals surface area (Å²) >= 11 is 0. The summed E-state index contributed by atoms with van der Waals surface area (Å²) in [4.78, 5) is 12.2. The second-order valence-electron chi connectivity index (χ2n) is 6.05. The standard InChI is InChI=1S/C20H24N2O4S/c1-4-14-22(27(3,24)25)18-9-7-17(8-10-18)20(23)21-13-15-26-19-11-5-16(2)6-12-19/h4-12H,1,13-15H2,2-3H3,(H,21,23). The number of nitrogens with zero attached hydrogens (tertiary/aromatic N) is 1. The van der Waals surface area contributed by atoms with Gasteiger partial charge in [0.25, 0.3) is 5.91 Å². The van der Waals surface area contributed by atoms with Gasteiger partial charge in [0.2, 0.25) is 10.0 Å². The Morgan fingerprint density at radius 1 is 1.15 bits per heavy atom. The highest BCUT2D eigenvalue weighted by Gasteiger charge is 2.16. The lowest BCUT2D eigenvalue weighted by molar-refractivity contribution is 0.0947. The Hall–Kier alpha value is -2.80. The lowest BCUT2D eigenvalue weighted by atomic mass is 10.2. The maximum Gasteiger partial charge on any atom is 0.251 e. The molecule has 0 spiro atoms. The summed E-state index contributed by atoms with van der Waals surface area (Å²) in [5.41, 5.74) is 2.08. The van der Waals surface area contributed by atoms with E-state index in [0.29, 0.717) is 24.4 Å². The molecule has 2 aromatic carbocycles. The molecule has 0 aliphatic rings. The highest BCUT2D eigenvalue weighted by atomic mass is 32.2. The van der Waals surface area contributed by atoms with Gasteiger partial charge in [-0.25, -0.2) is 8.42 Å². The molecule has 1 amide bonds. The molecule has 0 unspecified atom stereocenters. The van der Waals surface area contributed by atoms with E-state index in [-0.39, 0.29) is 12.5 Å². The Morgan fingerprint density at radius 3 is 2.33 bits per heavy atom. The average Bonchev–Trinajstić information content (AvgIpc) is 2.64. The lowest BCUT2D eigenvalue weighted by Gasteiger charge is -2.20. The average molecular weight is 388 g/mol. The molecule has 1 N–H and O–H groups in total. The first-order chi connectivity index (χ1) is 12.8. The van der Waals surface area contributed by atoms with Crippen LogP contribution < -0.4 is 14.4 Å². The van der Waals surface area contributed by atoms with Crippen LogP contribution in [0.1, 0.15) is 15.9 Å². The summed E-state index contributed by atoms with van der Waals surface area (Å²) < 4.78 is 30.5. The van der Waals surface area contributed by atoms with Crippen LogP contribution in [0.4, 0.5) is 5.69 Å². The molecule has 7 heteroatoms. The zero-order chi connectivity index (χ0) is 19.9. The van der Waals surface area contributed by atoms with Gasteiger partial charge in [-0.3, -0.25) is 9.10 Å². The minimum absolute atomic E-state index is 0.167. The van der Waals surface area contributed by atoms with Crippen LogP contribution in [0.3, 0.4) is 0 Å². The minimum atomic E-state index is -3.41. The molecule has 0 bridgehead atoms. The summed E-state index contributed by atoms with van der Waals surface area (Å²) in [7, 11) is -3.41. The molecule has 144 valence electrons. The summed E-state index contributed by atoms with van der Waals surface area (Å²) in [5.74, 6) is 0.506. The number of aryl methyl sites for hydroxylation is 1. The number of carbonyl (C=O) groups excluding carboxylic acids is 1. The smallest absolute Gasteiger partial charge is 0.251 e. The molecular weight excluding hydrogens is 364 g/mol. The number of hydrogen-bond acceptors (Lipinski definition) is 4. The molecule has 0 aromatic heterocycles. The predicted molar refractivity (Wildman–Crippen MR) is 108 cm³/mol. The molecule has 0 radical (unpaired) electrons. The van der Waals surface area contributed by atoms with Crippen molar-refractivity contribution in [2.24, 2.45) is 0 Å². The second kappa shape index (κ2) is 9.23. The van der Waals surface area contributed by atoms with E-state index in [2.05, 4.69) is 11.9 Å². The Balaban J connectivity index is 1.89.